The Balaban J connectivity index is 1.55. The Morgan fingerprint density at radius 3 is 2.59 bits per heavy atom. The van der Waals surface area contributed by atoms with Crippen LogP contribution in [0, 0.1) is 0 Å². The van der Waals surface area contributed by atoms with E-state index in [-0.39, 0.29) is 23.1 Å². The van der Waals surface area contributed by atoms with Gasteiger partial charge in [0.2, 0.25) is 5.91 Å². The zero-order chi connectivity index (χ0) is 26.2. The molecule has 0 radical (unpaired) electrons. The van der Waals surface area contributed by atoms with E-state index in [0.29, 0.717) is 30.8 Å². The minimum absolute atomic E-state index is 0.0310. The standard InChI is InChI=1S/C28H23F3N4O2/c1-2-26(36)34-13-11-19(16-34)22-15-25(35-17-32-12-10-24(22)35)21-9-8-20(14-23(21)28(29,30)31)33-27(37)18-6-4-3-5-7-18/h2-10,12,14-15,17,19H,1,11,13,16H2,(H,33,37). The first kappa shape index (κ1) is 24.3. The molecule has 0 bridgehead atoms. The van der Waals surface area contributed by atoms with E-state index < -0.39 is 17.6 Å². The molecule has 1 saturated heterocycles. The highest BCUT2D eigenvalue weighted by Crippen LogP contribution is 2.41. The molecule has 4 aromatic rings. The predicted octanol–water partition coefficient (Wildman–Crippen LogP) is 5.77. The molecule has 6 nitrogen and oxygen atoms in total. The van der Waals surface area contributed by atoms with Crippen LogP contribution in [0.5, 0.6) is 0 Å². The fourth-order valence-electron chi connectivity index (χ4n) is 4.83. The molecule has 9 heteroatoms. The number of alkyl halides is 3. The molecular weight excluding hydrogens is 481 g/mol. The molecule has 2 amide bonds. The van der Waals surface area contributed by atoms with Gasteiger partial charge in [-0.25, -0.2) is 4.98 Å². The van der Waals surface area contributed by atoms with Crippen molar-refractivity contribution in [2.75, 3.05) is 18.4 Å². The number of aromatic nitrogens is 2. The number of fused-ring (bicyclic) bond motifs is 1. The van der Waals surface area contributed by atoms with Crippen molar-refractivity contribution in [3.8, 4) is 11.3 Å². The van der Waals surface area contributed by atoms with Crippen molar-refractivity contribution in [3.63, 3.8) is 0 Å². The zero-order valence-electron chi connectivity index (χ0n) is 19.7. The van der Waals surface area contributed by atoms with Crippen LogP contribution >= 0.6 is 0 Å². The molecule has 1 atom stereocenters. The Bertz CT molecular complexity index is 1490. The van der Waals surface area contributed by atoms with E-state index in [1.165, 1.54) is 24.5 Å². The van der Waals surface area contributed by atoms with E-state index in [2.05, 4.69) is 16.9 Å². The van der Waals surface area contributed by atoms with Crippen molar-refractivity contribution in [2.24, 2.45) is 0 Å². The molecule has 2 aromatic heterocycles. The van der Waals surface area contributed by atoms with Gasteiger partial charge in [-0.05, 0) is 54.5 Å². The third-order valence-corrected chi connectivity index (χ3v) is 6.62. The second kappa shape index (κ2) is 9.57. The Labute approximate surface area is 211 Å². The van der Waals surface area contributed by atoms with Gasteiger partial charge < -0.3 is 14.6 Å². The molecule has 0 spiro atoms. The summed E-state index contributed by atoms with van der Waals surface area (Å²) in [6.45, 7) is 4.55. The number of amides is 2. The lowest BCUT2D eigenvalue weighted by atomic mass is 9.97. The van der Waals surface area contributed by atoms with Crippen LogP contribution in [0.25, 0.3) is 16.8 Å². The van der Waals surface area contributed by atoms with Crippen molar-refractivity contribution in [1.29, 1.82) is 0 Å². The first-order valence-electron chi connectivity index (χ1n) is 11.7. The fraction of sp³-hybridized carbons (Fsp3) is 0.179. The van der Waals surface area contributed by atoms with Crippen LogP contribution in [0.1, 0.15) is 33.8 Å². The number of rotatable bonds is 5. The number of hydrogen-bond acceptors (Lipinski definition) is 3. The first-order chi connectivity index (χ1) is 17.8. The van der Waals surface area contributed by atoms with Crippen LogP contribution in [-0.2, 0) is 11.0 Å². The molecular formula is C28H23F3N4O2. The summed E-state index contributed by atoms with van der Waals surface area (Å²) in [6, 6.07) is 15.6. The average molecular weight is 505 g/mol. The van der Waals surface area contributed by atoms with Crippen LogP contribution in [0.2, 0.25) is 0 Å². The summed E-state index contributed by atoms with van der Waals surface area (Å²) < 4.78 is 44.4. The summed E-state index contributed by atoms with van der Waals surface area (Å²) in [4.78, 5) is 30.4. The topological polar surface area (TPSA) is 66.7 Å². The van der Waals surface area contributed by atoms with Gasteiger partial charge in [0.25, 0.3) is 5.91 Å². The summed E-state index contributed by atoms with van der Waals surface area (Å²) in [5.41, 5.74) is 1.40. The maximum atomic E-state index is 14.3. The Kier molecular flexibility index (Phi) is 6.29. The molecule has 37 heavy (non-hydrogen) atoms. The number of anilines is 1. The molecule has 2 aromatic carbocycles. The van der Waals surface area contributed by atoms with Crippen LogP contribution in [0.15, 0.2) is 85.8 Å². The third kappa shape index (κ3) is 4.72. The average Bonchev–Trinajstić information content (AvgIpc) is 3.54. The molecule has 1 fully saturated rings. The van der Waals surface area contributed by atoms with Crippen LogP contribution in [0.3, 0.4) is 0 Å². The van der Waals surface area contributed by atoms with E-state index in [9.17, 15) is 22.8 Å². The number of carbonyl (C=O) groups is 2. The van der Waals surface area contributed by atoms with Crippen LogP contribution in [-0.4, -0.2) is 39.2 Å². The van der Waals surface area contributed by atoms with Crippen LogP contribution in [0.4, 0.5) is 18.9 Å². The van der Waals surface area contributed by atoms with Crippen molar-refractivity contribution in [1.82, 2.24) is 14.3 Å². The van der Waals surface area contributed by atoms with Crippen molar-refractivity contribution >= 4 is 23.0 Å². The number of nitrogens with one attached hydrogen (secondary N) is 1. The summed E-state index contributed by atoms with van der Waals surface area (Å²) in [7, 11) is 0. The fourth-order valence-corrected chi connectivity index (χ4v) is 4.83. The van der Waals surface area contributed by atoms with Crippen molar-refractivity contribution in [3.05, 3.63) is 103 Å². The molecule has 1 unspecified atom stereocenters. The van der Waals surface area contributed by atoms with Gasteiger partial charge in [0.15, 0.2) is 0 Å². The molecule has 0 saturated carbocycles. The number of benzene rings is 2. The summed E-state index contributed by atoms with van der Waals surface area (Å²) in [5.74, 6) is -0.699. The van der Waals surface area contributed by atoms with Gasteiger partial charge in [0, 0.05) is 42.0 Å². The maximum absolute atomic E-state index is 14.3. The van der Waals surface area contributed by atoms with Crippen molar-refractivity contribution < 1.29 is 22.8 Å². The molecule has 188 valence electrons. The van der Waals surface area contributed by atoms with Gasteiger partial charge >= 0.3 is 6.18 Å². The molecule has 5 rings (SSSR count). The number of nitrogens with zero attached hydrogens (tertiary/aromatic N) is 3. The van der Waals surface area contributed by atoms with E-state index in [0.717, 1.165) is 17.1 Å². The monoisotopic (exact) mass is 504 g/mol. The highest BCUT2D eigenvalue weighted by Gasteiger charge is 2.36. The lowest BCUT2D eigenvalue weighted by molar-refractivity contribution is -0.137. The lowest BCUT2D eigenvalue weighted by Crippen LogP contribution is -2.26. The van der Waals surface area contributed by atoms with Gasteiger partial charge in [0.1, 0.15) is 0 Å². The number of carbonyl (C=O) groups excluding carboxylic acids is 2. The highest BCUT2D eigenvalue weighted by molar-refractivity contribution is 6.04. The number of hydrogen-bond donors (Lipinski definition) is 1. The van der Waals surface area contributed by atoms with Gasteiger partial charge in [-0.15, -0.1) is 0 Å². The largest absolute Gasteiger partial charge is 0.417 e. The molecule has 1 aliphatic heterocycles. The quantitative estimate of drug-likeness (QED) is 0.351. The number of likely N-dealkylation sites (tertiary alicyclic amines) is 1. The van der Waals surface area contributed by atoms with E-state index in [4.69, 9.17) is 0 Å². The highest BCUT2D eigenvalue weighted by atomic mass is 19.4. The van der Waals surface area contributed by atoms with Gasteiger partial charge in [-0.3, -0.25) is 9.59 Å². The van der Waals surface area contributed by atoms with Gasteiger partial charge in [-0.1, -0.05) is 30.8 Å². The Hall–Kier alpha value is -4.40. The van der Waals surface area contributed by atoms with Gasteiger partial charge in [0.05, 0.1) is 23.1 Å². The third-order valence-electron chi connectivity index (χ3n) is 6.62. The number of halogens is 3. The predicted molar refractivity (Wildman–Crippen MR) is 134 cm³/mol. The molecule has 0 aliphatic carbocycles. The second-order valence-corrected chi connectivity index (χ2v) is 8.87. The lowest BCUT2D eigenvalue weighted by Gasteiger charge is -2.15. The SMILES string of the molecule is C=CC(=O)N1CCC(c2cc(-c3ccc(NC(=O)c4ccccc4)cc3C(F)(F)F)n3cnccc23)C1. The molecule has 1 aliphatic rings. The summed E-state index contributed by atoms with van der Waals surface area (Å²) >= 11 is 0. The van der Waals surface area contributed by atoms with E-state index in [1.807, 2.05) is 0 Å². The Morgan fingerprint density at radius 2 is 1.86 bits per heavy atom. The summed E-state index contributed by atoms with van der Waals surface area (Å²) in [5, 5.41) is 2.55. The van der Waals surface area contributed by atoms with E-state index in [1.54, 1.807) is 58.0 Å². The minimum Gasteiger partial charge on any atom is -0.339 e. The summed E-state index contributed by atoms with van der Waals surface area (Å²) in [6.07, 6.45) is 0.370. The Morgan fingerprint density at radius 1 is 1.08 bits per heavy atom. The smallest absolute Gasteiger partial charge is 0.339 e. The van der Waals surface area contributed by atoms with Crippen LogP contribution < -0.4 is 5.32 Å². The zero-order valence-corrected chi connectivity index (χ0v) is 19.7. The normalized spacial score (nSPS) is 15.6. The molecule has 3 heterocycles. The van der Waals surface area contributed by atoms with Gasteiger partial charge in [-0.2, -0.15) is 13.2 Å². The molecule has 1 N–H and O–H groups in total. The first-order valence-corrected chi connectivity index (χ1v) is 11.7. The van der Waals surface area contributed by atoms with E-state index >= 15 is 0 Å². The minimum atomic E-state index is -4.67. The second-order valence-electron chi connectivity index (χ2n) is 8.87. The maximum Gasteiger partial charge on any atom is 0.417 e. The van der Waals surface area contributed by atoms with Crippen molar-refractivity contribution in [2.45, 2.75) is 18.5 Å².